The van der Waals surface area contributed by atoms with Crippen molar-refractivity contribution < 1.29 is 77.7 Å². The number of rotatable bonds is 27. The monoisotopic (exact) mass is 1520 g/mol. The lowest BCUT2D eigenvalue weighted by Gasteiger charge is -2.31. The molecule has 4 aromatic carbocycles. The Morgan fingerprint density at radius 3 is 1.32 bits per heavy atom. The number of pyridine rings is 2. The average molecular weight is 1520 g/mol. The highest BCUT2D eigenvalue weighted by Crippen LogP contribution is 2.48. The molecule has 0 amide bonds. The number of aromatic nitrogens is 2. The van der Waals surface area contributed by atoms with E-state index in [9.17, 15) is 64.6 Å². The molecule has 4 atom stereocenters. The molecular weight excluding hydrogens is 1420 g/mol. The molecule has 578 valence electrons. The van der Waals surface area contributed by atoms with Crippen molar-refractivity contribution in [1.29, 1.82) is 0 Å². The number of esters is 2. The fourth-order valence-electron chi connectivity index (χ4n) is 14.0. The Morgan fingerprint density at radius 1 is 0.543 bits per heavy atom. The topological polar surface area (TPSA) is 183 Å². The molecule has 3 N–H and O–H groups in total. The van der Waals surface area contributed by atoms with Crippen molar-refractivity contribution >= 4 is 50.7 Å². The standard InChI is InChI=1S/C41H49F5N2O4.C21H25F2NO2.C17H23F3N2O3.2H2S/c1-7-52-36(51)19-29(38-39(42)30(27-9-10-27)20-31(40(38)43)37-25(5)16-24(4)17-26(37)6)18-34(49)33(15-23(2)3)48-22-28(11-14-47-12-8-13-47)32(21-35(48)50)41(44,45)46;1-6-26-17(25)10-16(24)19-20(22)14(5)9-15(21(19)23)18-12(3)7-11(2)8-13(18)4;1-11(2)8-14(16(24)25)22-10-12(4-7-21-5-3-6-21)13(9-15(22)23)17(18,19)20;;/h16-17,20-23,27,29,33H,7-15,18-19H2,1-6H3;7-9,16H,6,10,24H2,1-5H3;9-11,14H,3-8H2,1-2H3,(H,24,25);2*1H2/t29-,33?;16-;;;/m00.../s1. The van der Waals surface area contributed by atoms with Gasteiger partial charge in [-0.3, -0.25) is 24.0 Å². The summed E-state index contributed by atoms with van der Waals surface area (Å²) >= 11 is 0. The number of carbonyl (C=O) groups is 4. The minimum absolute atomic E-state index is 0. The molecule has 0 spiro atoms. The van der Waals surface area contributed by atoms with Crippen LogP contribution in [0.3, 0.4) is 0 Å². The molecule has 4 heterocycles. The molecule has 14 nitrogen and oxygen atoms in total. The van der Waals surface area contributed by atoms with Gasteiger partial charge in [0.25, 0.3) is 11.1 Å². The molecule has 1 aliphatic carbocycles. The van der Waals surface area contributed by atoms with E-state index in [1.165, 1.54) is 6.07 Å². The molecule has 0 radical (unpaired) electrons. The van der Waals surface area contributed by atoms with Gasteiger partial charge in [-0.2, -0.15) is 53.3 Å². The van der Waals surface area contributed by atoms with E-state index in [2.05, 4.69) is 0 Å². The summed E-state index contributed by atoms with van der Waals surface area (Å²) in [5.41, 5.74) is 9.06. The maximum Gasteiger partial charge on any atom is 0.416 e. The lowest BCUT2D eigenvalue weighted by atomic mass is 9.82. The second kappa shape index (κ2) is 38.0. The number of aryl methyl sites for hydroxylation is 7. The van der Waals surface area contributed by atoms with E-state index in [0.717, 1.165) is 99.5 Å². The van der Waals surface area contributed by atoms with Gasteiger partial charge in [-0.15, -0.1) is 0 Å². The van der Waals surface area contributed by atoms with Crippen LogP contribution < -0.4 is 16.9 Å². The molecule has 2 aromatic heterocycles. The summed E-state index contributed by atoms with van der Waals surface area (Å²) in [7, 11) is 0. The first kappa shape index (κ1) is 88.4. The summed E-state index contributed by atoms with van der Waals surface area (Å²) in [6, 6.07) is 8.34. The van der Waals surface area contributed by atoms with Crippen molar-refractivity contribution in [2.75, 3.05) is 52.5 Å². The number of nitrogens with two attached hydrogens (primary N) is 1. The minimum Gasteiger partial charge on any atom is -0.480 e. The van der Waals surface area contributed by atoms with Crippen molar-refractivity contribution in [2.45, 2.75) is 203 Å². The van der Waals surface area contributed by atoms with Crippen LogP contribution in [0.25, 0.3) is 22.3 Å². The van der Waals surface area contributed by atoms with Gasteiger partial charge in [0, 0.05) is 78.3 Å². The number of likely N-dealkylation sites (tertiary alicyclic amines) is 2. The SMILES string of the molecule is CC(C)CC(C(=O)O)n1cc(CCN2CCC2)c(C(F)(F)F)cc1=O.CCOC(=O)C[C@H](CC(=O)C(CC(C)C)n1cc(CCN2CCC2)c(C(F)(F)F)cc1=O)c1c(F)c(-c2c(C)cc(C)cc2C)cc(C2CC2)c1F.CCOC(=O)C[C@H](N)c1c(F)c(C)cc(-c2c(C)cc(C)cc2C)c1F.S.S. The van der Waals surface area contributed by atoms with Gasteiger partial charge in [-0.25, -0.2) is 22.4 Å². The highest BCUT2D eigenvalue weighted by atomic mass is 32.1. The number of nitrogens with zero attached hydrogens (tertiary/aromatic N) is 4. The van der Waals surface area contributed by atoms with Crippen LogP contribution in [0.2, 0.25) is 0 Å². The van der Waals surface area contributed by atoms with E-state index < -0.39 is 124 Å². The number of ether oxygens (including phenoxy) is 2. The quantitative estimate of drug-likeness (QED) is 0.0368. The van der Waals surface area contributed by atoms with Gasteiger partial charge in [-0.1, -0.05) is 63.1 Å². The molecular formula is C79H101F10N5O9S2. The fourth-order valence-corrected chi connectivity index (χ4v) is 14.0. The van der Waals surface area contributed by atoms with Gasteiger partial charge in [0.2, 0.25) is 0 Å². The molecule has 2 saturated heterocycles. The molecule has 26 heteroatoms. The first-order valence-corrected chi connectivity index (χ1v) is 35.3. The van der Waals surface area contributed by atoms with E-state index in [4.69, 9.17) is 15.2 Å². The predicted octanol–water partition coefficient (Wildman–Crippen LogP) is 17.0. The van der Waals surface area contributed by atoms with Crippen molar-refractivity contribution in [2.24, 2.45) is 17.6 Å². The molecule has 3 fully saturated rings. The fraction of sp³-hybridized carbons (Fsp3) is 0.519. The Hall–Kier alpha value is -7.26. The van der Waals surface area contributed by atoms with E-state index in [1.807, 2.05) is 89.5 Å². The first-order valence-electron chi connectivity index (χ1n) is 35.3. The number of alkyl halides is 6. The number of carbonyl (C=O) groups excluding carboxylic acids is 3. The number of hydrogen-bond donors (Lipinski definition) is 2. The molecule has 0 bridgehead atoms. The zero-order valence-corrected chi connectivity index (χ0v) is 64.1. The van der Waals surface area contributed by atoms with Gasteiger partial charge < -0.3 is 39.2 Å². The Labute approximate surface area is 622 Å². The van der Waals surface area contributed by atoms with E-state index in [-0.39, 0.29) is 118 Å². The summed E-state index contributed by atoms with van der Waals surface area (Å²) < 4.78 is 158. The van der Waals surface area contributed by atoms with Crippen LogP contribution >= 0.6 is 27.0 Å². The zero-order chi connectivity index (χ0) is 76.4. The van der Waals surface area contributed by atoms with Crippen LogP contribution in [0.5, 0.6) is 0 Å². The summed E-state index contributed by atoms with van der Waals surface area (Å²) in [5, 5.41) is 9.40. The van der Waals surface area contributed by atoms with Crippen molar-refractivity contribution in [1.82, 2.24) is 18.9 Å². The summed E-state index contributed by atoms with van der Waals surface area (Å²) in [4.78, 5) is 80.3. The summed E-state index contributed by atoms with van der Waals surface area (Å²) in [6.07, 6.45) is -4.71. The maximum atomic E-state index is 17.0. The normalized spacial score (nSPS) is 15.0. The number of halogens is 10. The largest absolute Gasteiger partial charge is 0.480 e. The summed E-state index contributed by atoms with van der Waals surface area (Å²) in [6.45, 7) is 27.7. The number of ketones is 1. The Kier molecular flexibility index (Phi) is 32.0. The number of benzene rings is 4. The Morgan fingerprint density at radius 2 is 0.943 bits per heavy atom. The smallest absolute Gasteiger partial charge is 0.416 e. The van der Waals surface area contributed by atoms with E-state index in [1.54, 1.807) is 40.7 Å². The van der Waals surface area contributed by atoms with Crippen LogP contribution in [0.15, 0.2) is 70.5 Å². The first-order chi connectivity index (χ1) is 48.3. The highest BCUT2D eigenvalue weighted by Gasteiger charge is 2.40. The van der Waals surface area contributed by atoms with Crippen LogP contribution in [0, 0.1) is 83.6 Å². The lowest BCUT2D eigenvalue weighted by Crippen LogP contribution is -2.39. The number of aliphatic carboxylic acids is 1. The van der Waals surface area contributed by atoms with E-state index in [0.29, 0.717) is 54.8 Å². The zero-order valence-electron chi connectivity index (χ0n) is 62.1. The van der Waals surface area contributed by atoms with Crippen LogP contribution in [-0.4, -0.2) is 100 Å². The van der Waals surface area contributed by atoms with E-state index >= 15 is 13.2 Å². The van der Waals surface area contributed by atoms with Crippen LogP contribution in [0.1, 0.15) is 207 Å². The molecule has 6 aromatic rings. The number of Topliss-reactive ketones (excluding diaryl/α,β-unsaturated/α-hetero) is 1. The van der Waals surface area contributed by atoms with Crippen LogP contribution in [0.4, 0.5) is 43.9 Å². The third kappa shape index (κ3) is 22.7. The molecule has 3 aliphatic rings. The minimum atomic E-state index is -4.78. The molecule has 1 saturated carbocycles. The Bertz CT molecular complexity index is 4150. The number of carboxylic acid groups (broad SMARTS) is 1. The number of hydrogen-bond acceptors (Lipinski definition) is 11. The third-order valence-electron chi connectivity index (χ3n) is 19.2. The van der Waals surface area contributed by atoms with Crippen molar-refractivity contribution in [3.63, 3.8) is 0 Å². The van der Waals surface area contributed by atoms with Gasteiger partial charge in [0.05, 0.1) is 43.2 Å². The third-order valence-corrected chi connectivity index (χ3v) is 19.2. The van der Waals surface area contributed by atoms with Gasteiger partial charge in [-0.05, 0) is 225 Å². The predicted molar refractivity (Wildman–Crippen MR) is 397 cm³/mol. The van der Waals surface area contributed by atoms with Crippen LogP contribution in [-0.2, 0) is 53.8 Å². The average Bonchev–Trinajstić information content (AvgIpc) is 1.75. The molecule has 9 rings (SSSR count). The highest BCUT2D eigenvalue weighted by molar-refractivity contribution is 7.59. The second-order valence-corrected chi connectivity index (χ2v) is 28.6. The maximum absolute atomic E-state index is 17.0. The van der Waals surface area contributed by atoms with Crippen molar-refractivity contribution in [3.8, 4) is 22.3 Å². The molecule has 2 unspecified atom stereocenters. The van der Waals surface area contributed by atoms with Gasteiger partial charge in [0.1, 0.15) is 29.3 Å². The lowest BCUT2D eigenvalue weighted by molar-refractivity contribution is -0.144. The molecule has 105 heavy (non-hydrogen) atoms. The van der Waals surface area contributed by atoms with Gasteiger partial charge >= 0.3 is 30.3 Å². The summed E-state index contributed by atoms with van der Waals surface area (Å²) in [5.74, 6) is -7.92. The second-order valence-electron chi connectivity index (χ2n) is 28.6. The molecule has 2 aliphatic heterocycles. The number of carboxylic acids is 1. The Balaban J connectivity index is 0.000000313. The van der Waals surface area contributed by atoms with Crippen molar-refractivity contribution in [3.05, 3.63) is 183 Å². The van der Waals surface area contributed by atoms with Gasteiger partial charge in [0.15, 0.2) is 5.78 Å².